The third kappa shape index (κ3) is 3.63. The Hall–Kier alpha value is -1.75. The molecule has 0 spiro atoms. The van der Waals surface area contributed by atoms with Crippen LogP contribution in [-0.4, -0.2) is 32.4 Å². The van der Waals surface area contributed by atoms with Gasteiger partial charge in [-0.1, -0.05) is 6.07 Å². The molecule has 2 rings (SSSR count). The number of carbonyl (C=O) groups is 1. The van der Waals surface area contributed by atoms with Crippen LogP contribution in [-0.2, 0) is 4.74 Å². The number of ether oxygens (including phenoxy) is 2. The summed E-state index contributed by atoms with van der Waals surface area (Å²) < 4.78 is 10.2. The average Bonchev–Trinajstić information content (AvgIpc) is 2.90. The van der Waals surface area contributed by atoms with Crippen molar-refractivity contribution in [3.8, 4) is 5.75 Å². The van der Waals surface area contributed by atoms with Crippen molar-refractivity contribution in [1.29, 1.82) is 0 Å². The summed E-state index contributed by atoms with van der Waals surface area (Å²) >= 11 is 0. The molecule has 0 aliphatic carbocycles. The van der Waals surface area contributed by atoms with Crippen molar-refractivity contribution in [2.75, 3.05) is 25.6 Å². The summed E-state index contributed by atoms with van der Waals surface area (Å²) in [6, 6.07) is 7.46. The molecule has 1 amide bonds. The molecular formula is C13H18N2O3. The van der Waals surface area contributed by atoms with Crippen LogP contribution in [0.15, 0.2) is 24.3 Å². The van der Waals surface area contributed by atoms with Crippen LogP contribution < -0.4 is 15.4 Å². The molecule has 2 N–H and O–H groups in total. The lowest BCUT2D eigenvalue weighted by Gasteiger charge is -2.12. The highest BCUT2D eigenvalue weighted by atomic mass is 16.5. The number of carbonyl (C=O) groups excluding carboxylic acids is 1. The maximum absolute atomic E-state index is 11.6. The van der Waals surface area contributed by atoms with Crippen LogP contribution in [0.25, 0.3) is 0 Å². The van der Waals surface area contributed by atoms with Gasteiger partial charge in [0.25, 0.3) is 0 Å². The fraction of sp³-hybridized carbons (Fsp3) is 0.462. The monoisotopic (exact) mass is 250 g/mol. The molecule has 98 valence electrons. The van der Waals surface area contributed by atoms with Crippen molar-refractivity contribution in [3.05, 3.63) is 24.3 Å². The van der Waals surface area contributed by atoms with Gasteiger partial charge in [0.05, 0.1) is 7.11 Å². The SMILES string of the molecule is COc1cccc(NC(=O)OC[C@H]2CCCN2)c1. The molecule has 1 fully saturated rings. The Morgan fingerprint density at radius 1 is 1.56 bits per heavy atom. The zero-order valence-corrected chi connectivity index (χ0v) is 10.4. The average molecular weight is 250 g/mol. The minimum Gasteiger partial charge on any atom is -0.497 e. The smallest absolute Gasteiger partial charge is 0.411 e. The second kappa shape index (κ2) is 6.26. The highest BCUT2D eigenvalue weighted by Crippen LogP contribution is 2.16. The number of amides is 1. The number of nitrogens with one attached hydrogen (secondary N) is 2. The molecule has 0 radical (unpaired) electrons. The standard InChI is InChI=1S/C13H18N2O3/c1-17-12-6-2-4-10(8-12)15-13(16)18-9-11-5-3-7-14-11/h2,4,6,8,11,14H,3,5,7,9H2,1H3,(H,15,16)/t11-/m1/s1. The third-order valence-corrected chi connectivity index (χ3v) is 2.89. The largest absolute Gasteiger partial charge is 0.497 e. The lowest BCUT2D eigenvalue weighted by atomic mass is 10.2. The lowest BCUT2D eigenvalue weighted by molar-refractivity contribution is 0.151. The number of methoxy groups -OCH3 is 1. The van der Waals surface area contributed by atoms with Crippen molar-refractivity contribution >= 4 is 11.8 Å². The molecule has 0 aromatic heterocycles. The maximum atomic E-state index is 11.6. The predicted octanol–water partition coefficient (Wildman–Crippen LogP) is 2.00. The van der Waals surface area contributed by atoms with E-state index in [1.807, 2.05) is 12.1 Å². The molecule has 1 aliphatic rings. The molecule has 5 heteroatoms. The second-order valence-corrected chi connectivity index (χ2v) is 4.25. The van der Waals surface area contributed by atoms with E-state index in [9.17, 15) is 4.79 Å². The van der Waals surface area contributed by atoms with Crippen molar-refractivity contribution in [2.24, 2.45) is 0 Å². The molecule has 0 bridgehead atoms. The number of hydrogen-bond donors (Lipinski definition) is 2. The van der Waals surface area contributed by atoms with Gasteiger partial charge in [-0.15, -0.1) is 0 Å². The van der Waals surface area contributed by atoms with Gasteiger partial charge in [-0.2, -0.15) is 0 Å². The topological polar surface area (TPSA) is 59.6 Å². The third-order valence-electron chi connectivity index (χ3n) is 2.89. The predicted molar refractivity (Wildman–Crippen MR) is 69.0 cm³/mol. The number of benzene rings is 1. The number of hydrogen-bond acceptors (Lipinski definition) is 4. The first-order chi connectivity index (χ1) is 8.78. The second-order valence-electron chi connectivity index (χ2n) is 4.25. The highest BCUT2D eigenvalue weighted by Gasteiger charge is 2.15. The lowest BCUT2D eigenvalue weighted by Crippen LogP contribution is -2.29. The van der Waals surface area contributed by atoms with Crippen molar-refractivity contribution in [1.82, 2.24) is 5.32 Å². The minimum absolute atomic E-state index is 0.293. The molecular weight excluding hydrogens is 232 g/mol. The number of rotatable bonds is 4. The van der Waals surface area contributed by atoms with Crippen molar-refractivity contribution < 1.29 is 14.3 Å². The molecule has 1 heterocycles. The van der Waals surface area contributed by atoms with E-state index >= 15 is 0 Å². The minimum atomic E-state index is -0.433. The van der Waals surface area contributed by atoms with Crippen LogP contribution in [0.2, 0.25) is 0 Å². The summed E-state index contributed by atoms with van der Waals surface area (Å²) in [4.78, 5) is 11.6. The van der Waals surface area contributed by atoms with Gasteiger partial charge in [0.2, 0.25) is 0 Å². The van der Waals surface area contributed by atoms with Gasteiger partial charge in [-0.25, -0.2) is 4.79 Å². The number of anilines is 1. The summed E-state index contributed by atoms with van der Waals surface area (Å²) in [5.74, 6) is 0.699. The van der Waals surface area contributed by atoms with Crippen LogP contribution in [0, 0.1) is 0 Å². The van der Waals surface area contributed by atoms with Gasteiger partial charge in [-0.05, 0) is 31.5 Å². The molecule has 1 saturated heterocycles. The molecule has 1 aromatic rings. The summed E-state index contributed by atoms with van der Waals surface area (Å²) in [5.41, 5.74) is 0.665. The van der Waals surface area contributed by atoms with E-state index in [1.165, 1.54) is 0 Å². The first kappa shape index (κ1) is 12.7. The Balaban J connectivity index is 1.78. The molecule has 0 saturated carbocycles. The van der Waals surface area contributed by atoms with Gasteiger partial charge in [-0.3, -0.25) is 5.32 Å². The fourth-order valence-electron chi connectivity index (χ4n) is 1.93. The van der Waals surface area contributed by atoms with Crippen LogP contribution in [0.1, 0.15) is 12.8 Å². The van der Waals surface area contributed by atoms with Gasteiger partial charge in [0.1, 0.15) is 12.4 Å². The van der Waals surface area contributed by atoms with E-state index in [1.54, 1.807) is 19.2 Å². The van der Waals surface area contributed by atoms with Crippen LogP contribution in [0.3, 0.4) is 0 Å². The molecule has 1 atom stereocenters. The zero-order chi connectivity index (χ0) is 12.8. The molecule has 1 aromatic carbocycles. The summed E-state index contributed by atoms with van der Waals surface area (Å²) in [5, 5.41) is 5.94. The van der Waals surface area contributed by atoms with Crippen molar-refractivity contribution in [2.45, 2.75) is 18.9 Å². The quantitative estimate of drug-likeness (QED) is 0.858. The maximum Gasteiger partial charge on any atom is 0.411 e. The fourth-order valence-corrected chi connectivity index (χ4v) is 1.93. The van der Waals surface area contributed by atoms with E-state index < -0.39 is 6.09 Å². The Morgan fingerprint density at radius 3 is 3.17 bits per heavy atom. The molecule has 0 unspecified atom stereocenters. The van der Waals surface area contributed by atoms with Gasteiger partial charge < -0.3 is 14.8 Å². The molecule has 5 nitrogen and oxygen atoms in total. The van der Waals surface area contributed by atoms with Crippen LogP contribution >= 0.6 is 0 Å². The summed E-state index contributed by atoms with van der Waals surface area (Å²) in [6.45, 7) is 1.42. The van der Waals surface area contributed by atoms with E-state index in [0.717, 1.165) is 19.4 Å². The Bertz CT molecular complexity index is 403. The van der Waals surface area contributed by atoms with E-state index in [-0.39, 0.29) is 0 Å². The Morgan fingerprint density at radius 2 is 2.44 bits per heavy atom. The first-order valence-electron chi connectivity index (χ1n) is 6.09. The summed E-state index contributed by atoms with van der Waals surface area (Å²) in [6.07, 6.45) is 1.77. The summed E-state index contributed by atoms with van der Waals surface area (Å²) in [7, 11) is 1.59. The zero-order valence-electron chi connectivity index (χ0n) is 10.4. The Labute approximate surface area is 106 Å². The van der Waals surface area contributed by atoms with Crippen LogP contribution in [0.4, 0.5) is 10.5 Å². The van der Waals surface area contributed by atoms with E-state index in [4.69, 9.17) is 9.47 Å². The van der Waals surface area contributed by atoms with Gasteiger partial charge in [0.15, 0.2) is 0 Å². The highest BCUT2D eigenvalue weighted by molar-refractivity contribution is 5.84. The van der Waals surface area contributed by atoms with Crippen LogP contribution in [0.5, 0.6) is 5.75 Å². The molecule has 18 heavy (non-hydrogen) atoms. The normalized spacial score (nSPS) is 18.4. The van der Waals surface area contributed by atoms with Gasteiger partial charge in [0, 0.05) is 17.8 Å². The van der Waals surface area contributed by atoms with Crippen molar-refractivity contribution in [3.63, 3.8) is 0 Å². The van der Waals surface area contributed by atoms with E-state index in [2.05, 4.69) is 10.6 Å². The van der Waals surface area contributed by atoms with E-state index in [0.29, 0.717) is 24.1 Å². The van der Waals surface area contributed by atoms with Gasteiger partial charge >= 0.3 is 6.09 Å². The molecule has 1 aliphatic heterocycles. The first-order valence-corrected chi connectivity index (χ1v) is 6.09. The Kier molecular flexibility index (Phi) is 4.41.